The molecule has 1 unspecified atom stereocenters. The Bertz CT molecular complexity index is 402. The van der Waals surface area contributed by atoms with Crippen LogP contribution in [0.1, 0.15) is 12.0 Å². The molecule has 1 aromatic rings. The Morgan fingerprint density at radius 1 is 1.47 bits per heavy atom. The van der Waals surface area contributed by atoms with Gasteiger partial charge in [-0.15, -0.1) is 0 Å². The largest absolute Gasteiger partial charge is 0.378 e. The highest BCUT2D eigenvalue weighted by molar-refractivity contribution is 7.97. The molecule has 0 spiro atoms. The minimum Gasteiger partial charge on any atom is -0.378 e. The smallest absolute Gasteiger partial charge is 0.226 e. The van der Waals surface area contributed by atoms with Gasteiger partial charge in [-0.1, -0.05) is 12.1 Å². The summed E-state index contributed by atoms with van der Waals surface area (Å²) in [5.74, 6) is 1.03. The molecule has 2 rings (SSSR count). The van der Waals surface area contributed by atoms with E-state index in [2.05, 4.69) is 16.9 Å². The number of nitrogens with one attached hydrogen (secondary N) is 2. The molecule has 104 valence electrons. The van der Waals surface area contributed by atoms with Gasteiger partial charge in [-0.25, -0.2) is 0 Å². The van der Waals surface area contributed by atoms with Crippen LogP contribution in [0.15, 0.2) is 24.3 Å². The summed E-state index contributed by atoms with van der Waals surface area (Å²) in [5.41, 5.74) is 2.12. The quantitative estimate of drug-likeness (QED) is 0.864. The maximum Gasteiger partial charge on any atom is 0.226 e. The van der Waals surface area contributed by atoms with Crippen molar-refractivity contribution < 1.29 is 9.53 Å². The van der Waals surface area contributed by atoms with Gasteiger partial charge in [0, 0.05) is 30.4 Å². The number of carbonyl (C=O) groups excluding carboxylic acids is 1. The maximum atomic E-state index is 11.9. The van der Waals surface area contributed by atoms with Crippen molar-refractivity contribution in [1.82, 2.24) is 5.32 Å². The highest BCUT2D eigenvalue weighted by Gasteiger charge is 2.16. The number of ether oxygens (including phenoxy) is 1. The van der Waals surface area contributed by atoms with E-state index in [9.17, 15) is 4.79 Å². The molecule has 1 aromatic carbocycles. The van der Waals surface area contributed by atoms with Crippen molar-refractivity contribution in [2.24, 2.45) is 0 Å². The molecule has 0 aliphatic carbocycles. The summed E-state index contributed by atoms with van der Waals surface area (Å²) in [6, 6.07) is 8.13. The van der Waals surface area contributed by atoms with Crippen LogP contribution in [0.2, 0.25) is 0 Å². The van der Waals surface area contributed by atoms with Crippen LogP contribution >= 0.6 is 11.8 Å². The highest BCUT2D eigenvalue weighted by Crippen LogP contribution is 2.14. The number of rotatable bonds is 5. The topological polar surface area (TPSA) is 50.4 Å². The lowest BCUT2D eigenvalue weighted by Crippen LogP contribution is -2.43. The zero-order chi connectivity index (χ0) is 13.5. The van der Waals surface area contributed by atoms with Crippen LogP contribution in [-0.2, 0) is 15.3 Å². The van der Waals surface area contributed by atoms with E-state index >= 15 is 0 Å². The number of anilines is 1. The number of benzene rings is 1. The van der Waals surface area contributed by atoms with Crippen LogP contribution in [0.25, 0.3) is 0 Å². The first-order valence-electron chi connectivity index (χ1n) is 6.47. The fraction of sp³-hybridized carbons (Fsp3) is 0.500. The SMILES string of the molecule is CSCc1ccc(NC(=O)CC2COCCN2)cc1. The number of hydrogen-bond donors (Lipinski definition) is 2. The number of morpholine rings is 1. The lowest BCUT2D eigenvalue weighted by molar-refractivity contribution is -0.117. The van der Waals surface area contributed by atoms with Gasteiger partial charge in [-0.2, -0.15) is 11.8 Å². The average molecular weight is 280 g/mol. The van der Waals surface area contributed by atoms with E-state index in [0.29, 0.717) is 13.0 Å². The zero-order valence-electron chi connectivity index (χ0n) is 11.1. The Hall–Kier alpha value is -1.04. The summed E-state index contributed by atoms with van der Waals surface area (Å²) in [6.07, 6.45) is 2.53. The summed E-state index contributed by atoms with van der Waals surface area (Å²) < 4.78 is 5.33. The van der Waals surface area contributed by atoms with Gasteiger partial charge in [0.15, 0.2) is 0 Å². The predicted octanol–water partition coefficient (Wildman–Crippen LogP) is 1.87. The summed E-state index contributed by atoms with van der Waals surface area (Å²) in [6.45, 7) is 2.16. The van der Waals surface area contributed by atoms with Gasteiger partial charge in [-0.05, 0) is 24.0 Å². The lowest BCUT2D eigenvalue weighted by Gasteiger charge is -2.23. The van der Waals surface area contributed by atoms with Crippen LogP contribution in [-0.4, -0.2) is 38.0 Å². The molecule has 0 aromatic heterocycles. The number of amides is 1. The normalized spacial score (nSPS) is 19.1. The number of carbonyl (C=O) groups is 1. The van der Waals surface area contributed by atoms with Crippen LogP contribution in [0, 0.1) is 0 Å². The van der Waals surface area contributed by atoms with Crippen LogP contribution in [0.4, 0.5) is 5.69 Å². The third-order valence-electron chi connectivity index (χ3n) is 2.98. The molecule has 1 aliphatic heterocycles. The first-order chi connectivity index (χ1) is 9.28. The standard InChI is InChI=1S/C14H20N2O2S/c1-19-10-11-2-4-12(5-3-11)16-14(17)8-13-9-18-7-6-15-13/h2-5,13,15H,6-10H2,1H3,(H,16,17). The molecule has 5 heteroatoms. The van der Waals surface area contributed by atoms with Crippen molar-refractivity contribution in [2.75, 3.05) is 31.3 Å². The summed E-state index contributed by atoms with van der Waals surface area (Å²) >= 11 is 1.79. The number of thioether (sulfide) groups is 1. The molecule has 1 atom stereocenters. The van der Waals surface area contributed by atoms with Crippen LogP contribution in [0.3, 0.4) is 0 Å². The molecule has 0 bridgehead atoms. The van der Waals surface area contributed by atoms with E-state index in [1.165, 1.54) is 5.56 Å². The summed E-state index contributed by atoms with van der Waals surface area (Å²) in [7, 11) is 0. The molecular weight excluding hydrogens is 260 g/mol. The van der Waals surface area contributed by atoms with Gasteiger partial charge in [0.25, 0.3) is 0 Å². The van der Waals surface area contributed by atoms with Gasteiger partial charge in [0.1, 0.15) is 0 Å². The van der Waals surface area contributed by atoms with E-state index in [4.69, 9.17) is 4.74 Å². The molecule has 1 saturated heterocycles. The van der Waals surface area contributed by atoms with Crippen molar-refractivity contribution in [1.29, 1.82) is 0 Å². The molecule has 0 saturated carbocycles. The van der Waals surface area contributed by atoms with Gasteiger partial charge in [-0.3, -0.25) is 4.79 Å². The molecule has 1 heterocycles. The Labute approximate surface area is 118 Å². The molecular formula is C14H20N2O2S. The Morgan fingerprint density at radius 3 is 2.89 bits per heavy atom. The Kier molecular flexibility index (Phi) is 5.69. The lowest BCUT2D eigenvalue weighted by atomic mass is 10.2. The van der Waals surface area contributed by atoms with E-state index in [1.807, 2.05) is 24.3 Å². The van der Waals surface area contributed by atoms with Crippen molar-refractivity contribution >= 4 is 23.4 Å². The molecule has 4 nitrogen and oxygen atoms in total. The van der Waals surface area contributed by atoms with E-state index in [0.717, 1.165) is 24.6 Å². The minimum absolute atomic E-state index is 0.0283. The molecule has 19 heavy (non-hydrogen) atoms. The van der Waals surface area contributed by atoms with E-state index in [1.54, 1.807) is 11.8 Å². The van der Waals surface area contributed by atoms with Gasteiger partial charge in [0.05, 0.1) is 13.2 Å². The van der Waals surface area contributed by atoms with Crippen molar-refractivity contribution in [3.05, 3.63) is 29.8 Å². The molecule has 1 aliphatic rings. The fourth-order valence-electron chi connectivity index (χ4n) is 2.04. The maximum absolute atomic E-state index is 11.9. The second-order valence-corrected chi connectivity index (χ2v) is 5.47. The van der Waals surface area contributed by atoms with Crippen molar-refractivity contribution in [2.45, 2.75) is 18.2 Å². The summed E-state index contributed by atoms with van der Waals surface area (Å²) in [4.78, 5) is 11.9. The third kappa shape index (κ3) is 4.86. The number of hydrogen-bond acceptors (Lipinski definition) is 4. The third-order valence-corrected chi connectivity index (χ3v) is 3.60. The second kappa shape index (κ2) is 7.53. The molecule has 2 N–H and O–H groups in total. The van der Waals surface area contributed by atoms with Crippen molar-refractivity contribution in [3.63, 3.8) is 0 Å². The van der Waals surface area contributed by atoms with Crippen LogP contribution in [0.5, 0.6) is 0 Å². The molecule has 1 fully saturated rings. The highest BCUT2D eigenvalue weighted by atomic mass is 32.2. The van der Waals surface area contributed by atoms with E-state index in [-0.39, 0.29) is 11.9 Å². The predicted molar refractivity (Wildman–Crippen MR) is 79.5 cm³/mol. The first kappa shape index (κ1) is 14.4. The molecule has 1 amide bonds. The Morgan fingerprint density at radius 2 is 2.26 bits per heavy atom. The zero-order valence-corrected chi connectivity index (χ0v) is 12.0. The van der Waals surface area contributed by atoms with Gasteiger partial charge >= 0.3 is 0 Å². The second-order valence-electron chi connectivity index (χ2n) is 4.61. The monoisotopic (exact) mass is 280 g/mol. The van der Waals surface area contributed by atoms with Gasteiger partial charge < -0.3 is 15.4 Å². The fourth-order valence-corrected chi connectivity index (χ4v) is 2.56. The summed E-state index contributed by atoms with van der Waals surface area (Å²) in [5, 5.41) is 6.19. The van der Waals surface area contributed by atoms with Crippen LogP contribution < -0.4 is 10.6 Å². The Balaban J connectivity index is 1.80. The first-order valence-corrected chi connectivity index (χ1v) is 7.86. The van der Waals surface area contributed by atoms with Gasteiger partial charge in [0.2, 0.25) is 5.91 Å². The van der Waals surface area contributed by atoms with E-state index < -0.39 is 0 Å². The average Bonchev–Trinajstić information content (AvgIpc) is 2.42. The molecule has 0 radical (unpaired) electrons. The van der Waals surface area contributed by atoms with Crippen molar-refractivity contribution in [3.8, 4) is 0 Å². The minimum atomic E-state index is 0.0283.